The number of methoxy groups -OCH3 is 1. The van der Waals surface area contributed by atoms with Gasteiger partial charge in [-0.15, -0.1) is 0 Å². The molecule has 15 heteroatoms. The van der Waals surface area contributed by atoms with Gasteiger partial charge in [0.1, 0.15) is 29.5 Å². The Bertz CT molecular complexity index is 2040. The summed E-state index contributed by atoms with van der Waals surface area (Å²) in [4.78, 5) is 46.1. The van der Waals surface area contributed by atoms with Crippen LogP contribution < -0.4 is 10.1 Å². The van der Waals surface area contributed by atoms with Crippen molar-refractivity contribution in [2.24, 2.45) is 28.8 Å². The SMILES string of the molecule is CCCCCC(C)O/N=C/c1c2c(O)c3c(O)c(C)c4c(c3c1O)C(=O)[C@@](C)(O/C=C\[C@H](OC)[C@@H](C)[C@@H](OC(C)=O)[C@H](C)[C@H](O)[C@H](C)[C@@H](O)[C@@H](C)/C=C\C=C(\C)C(=O)N2)O4. The van der Waals surface area contributed by atoms with Crippen molar-refractivity contribution in [1.82, 2.24) is 0 Å². The minimum absolute atomic E-state index is 0.0391. The lowest BCUT2D eigenvalue weighted by atomic mass is 9.78. The van der Waals surface area contributed by atoms with Gasteiger partial charge in [-0.1, -0.05) is 70.8 Å². The molecule has 0 aliphatic carbocycles. The maximum Gasteiger partial charge on any atom is 0.312 e. The first-order valence-electron chi connectivity index (χ1n) is 20.5. The number of ether oxygens (including phenoxy) is 4. The fraction of sp³-hybridized carbons (Fsp3) is 0.556. The molecule has 2 aromatic carbocycles. The average molecular weight is 839 g/mol. The molecule has 10 atom stereocenters. The summed E-state index contributed by atoms with van der Waals surface area (Å²) in [7, 11) is 1.43. The number of phenolic OH excluding ortho intramolecular Hbond substituents is 3. The topological polar surface area (TPSA) is 223 Å². The predicted octanol–water partition coefficient (Wildman–Crippen LogP) is 7.07. The highest BCUT2D eigenvalue weighted by atomic mass is 16.7. The van der Waals surface area contributed by atoms with Gasteiger partial charge in [0, 0.05) is 61.2 Å². The number of carbonyl (C=O) groups is 3. The number of allylic oxidation sites excluding steroid dienone is 2. The summed E-state index contributed by atoms with van der Waals surface area (Å²) in [5.74, 6) is -8.58. The van der Waals surface area contributed by atoms with E-state index in [0.717, 1.165) is 25.5 Å². The molecule has 0 saturated heterocycles. The van der Waals surface area contributed by atoms with E-state index in [2.05, 4.69) is 17.4 Å². The van der Waals surface area contributed by atoms with Crippen molar-refractivity contribution < 1.29 is 63.7 Å². The van der Waals surface area contributed by atoms with Crippen molar-refractivity contribution in [2.45, 2.75) is 131 Å². The van der Waals surface area contributed by atoms with Crippen molar-refractivity contribution >= 4 is 40.3 Å². The third-order valence-corrected chi connectivity index (χ3v) is 11.7. The Morgan fingerprint density at radius 2 is 1.67 bits per heavy atom. The monoisotopic (exact) mass is 838 g/mol. The summed E-state index contributed by atoms with van der Waals surface area (Å²) in [5.41, 5.74) is -0.565. The maximum absolute atomic E-state index is 14.4. The summed E-state index contributed by atoms with van der Waals surface area (Å²) >= 11 is 0. The number of aliphatic hydroxyl groups excluding tert-OH is 2. The zero-order valence-electron chi connectivity index (χ0n) is 36.4. The molecule has 1 amide bonds. The van der Waals surface area contributed by atoms with E-state index in [1.54, 1.807) is 39.8 Å². The van der Waals surface area contributed by atoms with Crippen LogP contribution in [0.1, 0.15) is 109 Å². The van der Waals surface area contributed by atoms with Crippen molar-refractivity contribution in [3.63, 3.8) is 0 Å². The fourth-order valence-electron chi connectivity index (χ4n) is 7.79. The molecule has 0 aromatic heterocycles. The summed E-state index contributed by atoms with van der Waals surface area (Å²) in [6.45, 7) is 16.4. The Morgan fingerprint density at radius 1 is 0.983 bits per heavy atom. The number of benzene rings is 2. The minimum atomic E-state index is -2.06. The van der Waals surface area contributed by atoms with E-state index in [-0.39, 0.29) is 50.6 Å². The number of carbonyl (C=O) groups excluding carboxylic acids is 3. The van der Waals surface area contributed by atoms with Crippen LogP contribution in [0.2, 0.25) is 0 Å². The van der Waals surface area contributed by atoms with E-state index in [0.29, 0.717) is 6.42 Å². The van der Waals surface area contributed by atoms with Crippen molar-refractivity contribution in [1.29, 1.82) is 0 Å². The molecule has 5 rings (SSSR count). The van der Waals surface area contributed by atoms with Crippen LogP contribution in [0.5, 0.6) is 23.0 Å². The van der Waals surface area contributed by atoms with Crippen LogP contribution >= 0.6 is 0 Å². The molecule has 6 N–H and O–H groups in total. The number of oxime groups is 1. The van der Waals surface area contributed by atoms with E-state index < -0.39 is 88.8 Å². The number of aromatic hydroxyl groups is 3. The number of anilines is 1. The molecule has 0 fully saturated rings. The number of nitrogens with one attached hydrogen (secondary N) is 1. The van der Waals surface area contributed by atoms with Crippen LogP contribution in [0.4, 0.5) is 5.69 Å². The van der Waals surface area contributed by atoms with Crippen LogP contribution in [0, 0.1) is 30.6 Å². The molecule has 2 aromatic rings. The second-order valence-electron chi connectivity index (χ2n) is 16.3. The average Bonchev–Trinajstić information content (AvgIpc) is 3.47. The highest BCUT2D eigenvalue weighted by Gasteiger charge is 2.50. The first-order chi connectivity index (χ1) is 28.2. The van der Waals surface area contributed by atoms with Gasteiger partial charge in [0.2, 0.25) is 0 Å². The predicted molar refractivity (Wildman–Crippen MR) is 226 cm³/mol. The summed E-state index contributed by atoms with van der Waals surface area (Å²) < 4.78 is 23.6. The first kappa shape index (κ1) is 47.6. The first-order valence-corrected chi connectivity index (χ1v) is 20.5. The standard InChI is InChI=1S/C45H62N2O13/c1-12-13-14-18-24(4)60-46-21-30-35-40(53)33-32(39(30)52)34-42(28(8)38(33)51)59-45(10,43(34)54)57-20-19-31(56-11)25(5)41(58-29(9)48)27(7)37(50)26(6)36(49)22(2)16-15-17-23(3)44(55)47-35/h15-17,19-22,24-27,31,36-37,41,49-53H,12-14,18H2,1-11H3,(H,47,55)/b16-15-,20-19-,23-17-,46-21+/t22-,24?,25+,26+,27+,31-,36-,37+,41+,45-/m0/s1. The third-order valence-electron chi connectivity index (χ3n) is 11.7. The number of Topliss-reactive ketones (excluding diaryl/α,β-unsaturated/α-hetero) is 1. The van der Waals surface area contributed by atoms with E-state index >= 15 is 0 Å². The Morgan fingerprint density at radius 3 is 2.30 bits per heavy atom. The normalized spacial score (nSPS) is 30.3. The lowest BCUT2D eigenvalue weighted by Crippen LogP contribution is -2.46. The van der Waals surface area contributed by atoms with Crippen molar-refractivity contribution in [2.75, 3.05) is 12.4 Å². The Hall–Kier alpha value is -5.12. The van der Waals surface area contributed by atoms with Crippen molar-refractivity contribution in [3.8, 4) is 23.0 Å². The smallest absolute Gasteiger partial charge is 0.312 e. The molecule has 0 saturated carbocycles. The quantitative estimate of drug-likeness (QED) is 0.0372. The highest BCUT2D eigenvalue weighted by molar-refractivity contribution is 6.23. The molecular weight excluding hydrogens is 776 g/mol. The summed E-state index contributed by atoms with van der Waals surface area (Å²) in [5, 5.41) is 64.4. The number of amides is 1. The van der Waals surface area contributed by atoms with Crippen LogP contribution in [0.25, 0.3) is 10.8 Å². The molecule has 5 bridgehead atoms. The number of esters is 1. The molecular formula is C45H62N2O13. The fourth-order valence-corrected chi connectivity index (χ4v) is 7.79. The maximum atomic E-state index is 14.4. The molecule has 3 aliphatic rings. The second kappa shape index (κ2) is 20.0. The lowest BCUT2D eigenvalue weighted by Gasteiger charge is -2.38. The van der Waals surface area contributed by atoms with Gasteiger partial charge >= 0.3 is 11.8 Å². The van der Waals surface area contributed by atoms with Gasteiger partial charge in [0.05, 0.1) is 53.0 Å². The van der Waals surface area contributed by atoms with Gasteiger partial charge in [-0.2, -0.15) is 0 Å². The van der Waals surface area contributed by atoms with Gasteiger partial charge in [-0.05, 0) is 39.7 Å². The van der Waals surface area contributed by atoms with Crippen LogP contribution in [-0.2, 0) is 28.6 Å². The zero-order valence-corrected chi connectivity index (χ0v) is 36.4. The van der Waals surface area contributed by atoms with Crippen LogP contribution in [0.3, 0.4) is 0 Å². The van der Waals surface area contributed by atoms with Gasteiger partial charge < -0.3 is 54.6 Å². The summed E-state index contributed by atoms with van der Waals surface area (Å²) in [6.07, 6.45) is 7.90. The van der Waals surface area contributed by atoms with Crippen LogP contribution in [0.15, 0.2) is 41.3 Å². The number of rotatable bonds is 9. The zero-order chi connectivity index (χ0) is 44.8. The van der Waals surface area contributed by atoms with Gasteiger partial charge in [0.15, 0.2) is 5.75 Å². The molecule has 3 heterocycles. The Balaban J connectivity index is 1.95. The van der Waals surface area contributed by atoms with E-state index in [1.807, 2.05) is 6.92 Å². The number of aliphatic hydroxyl groups is 2. The van der Waals surface area contributed by atoms with Crippen molar-refractivity contribution in [3.05, 3.63) is 52.8 Å². The Kier molecular flexibility index (Phi) is 15.8. The number of hydrogen-bond donors (Lipinski definition) is 6. The second-order valence-corrected chi connectivity index (χ2v) is 16.3. The number of phenols is 3. The number of hydrogen-bond acceptors (Lipinski definition) is 14. The minimum Gasteiger partial charge on any atom is -0.507 e. The van der Waals surface area contributed by atoms with E-state index in [1.165, 1.54) is 53.2 Å². The number of unbranched alkanes of at least 4 members (excludes halogenated alkanes) is 2. The van der Waals surface area contributed by atoms with E-state index in [9.17, 15) is 39.9 Å². The molecule has 0 radical (unpaired) electrons. The van der Waals surface area contributed by atoms with Gasteiger partial charge in [-0.25, -0.2) is 0 Å². The molecule has 1 unspecified atom stereocenters. The number of fused-ring (bicyclic) bond motifs is 14. The van der Waals surface area contributed by atoms with E-state index in [4.69, 9.17) is 23.8 Å². The molecule has 3 aliphatic heterocycles. The Labute approximate surface area is 351 Å². The number of nitrogens with zero attached hydrogens (tertiary/aromatic N) is 1. The highest BCUT2D eigenvalue weighted by Crippen LogP contribution is 2.55. The molecule has 0 spiro atoms. The molecule has 15 nitrogen and oxygen atoms in total. The van der Waals surface area contributed by atoms with Gasteiger partial charge in [0.25, 0.3) is 11.7 Å². The molecule has 330 valence electrons. The van der Waals surface area contributed by atoms with Gasteiger partial charge in [-0.3, -0.25) is 14.4 Å². The third kappa shape index (κ3) is 9.90. The lowest BCUT2D eigenvalue weighted by molar-refractivity contribution is -0.160. The van der Waals surface area contributed by atoms with Crippen LogP contribution in [-0.4, -0.2) is 92.8 Å². The summed E-state index contributed by atoms with van der Waals surface area (Å²) in [6, 6.07) is 0. The number of ketones is 1. The molecule has 60 heavy (non-hydrogen) atoms. The largest absolute Gasteiger partial charge is 0.507 e.